The van der Waals surface area contributed by atoms with Gasteiger partial charge < -0.3 is 10.1 Å². The highest BCUT2D eigenvalue weighted by Gasteiger charge is 2.32. The van der Waals surface area contributed by atoms with Gasteiger partial charge in [-0.25, -0.2) is 4.79 Å². The average Bonchev–Trinajstić information content (AvgIpc) is 2.90. The molecule has 22 heavy (non-hydrogen) atoms. The minimum absolute atomic E-state index is 0.223. The van der Waals surface area contributed by atoms with Gasteiger partial charge in [0.2, 0.25) is 0 Å². The Hall–Kier alpha value is -1.27. The average molecular weight is 379 g/mol. The lowest BCUT2D eigenvalue weighted by Gasteiger charge is -2.11. The molecule has 1 aromatic heterocycles. The summed E-state index contributed by atoms with van der Waals surface area (Å²) >= 11 is 17.7. The van der Waals surface area contributed by atoms with Crippen LogP contribution in [0.15, 0.2) is 35.7 Å². The van der Waals surface area contributed by atoms with E-state index in [1.807, 2.05) is 30.3 Å². The van der Waals surface area contributed by atoms with E-state index in [0.29, 0.717) is 5.56 Å². The van der Waals surface area contributed by atoms with Crippen molar-refractivity contribution in [3.05, 3.63) is 41.3 Å². The number of hydrogen-bond acceptors (Lipinski definition) is 4. The van der Waals surface area contributed by atoms with E-state index in [1.165, 1.54) is 7.11 Å². The molecular formula is C14H10Cl3NO3S. The first-order chi connectivity index (χ1) is 10.3. The minimum atomic E-state index is -2.12. The predicted molar refractivity (Wildman–Crippen MR) is 90.0 cm³/mol. The summed E-state index contributed by atoms with van der Waals surface area (Å²) in [6.07, 6.45) is 0. The van der Waals surface area contributed by atoms with Crippen LogP contribution in [-0.4, -0.2) is 22.8 Å². The van der Waals surface area contributed by atoms with Crippen LogP contribution in [0.2, 0.25) is 0 Å². The van der Waals surface area contributed by atoms with Crippen molar-refractivity contribution in [3.63, 3.8) is 0 Å². The van der Waals surface area contributed by atoms with E-state index < -0.39 is 15.7 Å². The SMILES string of the molecule is COC(=O)c1c(-c2ccccc2)csc1NC(=O)C(Cl)(Cl)Cl. The Labute approximate surface area is 145 Å². The zero-order chi connectivity index (χ0) is 16.3. The summed E-state index contributed by atoms with van der Waals surface area (Å²) in [5.74, 6) is -1.43. The number of carbonyl (C=O) groups is 2. The Balaban J connectivity index is 2.46. The molecule has 0 aliphatic rings. The lowest BCUT2D eigenvalue weighted by Crippen LogP contribution is -2.27. The second-order valence-electron chi connectivity index (χ2n) is 4.16. The van der Waals surface area contributed by atoms with Gasteiger partial charge in [-0.3, -0.25) is 4.79 Å². The molecule has 1 aromatic carbocycles. The van der Waals surface area contributed by atoms with Gasteiger partial charge in [-0.05, 0) is 5.56 Å². The number of ether oxygens (including phenoxy) is 1. The first-order valence-electron chi connectivity index (χ1n) is 5.98. The molecule has 0 saturated heterocycles. The Morgan fingerprint density at radius 1 is 1.18 bits per heavy atom. The van der Waals surface area contributed by atoms with Gasteiger partial charge in [-0.2, -0.15) is 0 Å². The highest BCUT2D eigenvalue weighted by molar-refractivity contribution is 7.15. The van der Waals surface area contributed by atoms with E-state index in [0.717, 1.165) is 16.9 Å². The minimum Gasteiger partial charge on any atom is -0.465 e. The number of nitrogens with one attached hydrogen (secondary N) is 1. The van der Waals surface area contributed by atoms with E-state index in [2.05, 4.69) is 5.32 Å². The van der Waals surface area contributed by atoms with E-state index in [4.69, 9.17) is 39.5 Å². The fourth-order valence-corrected chi connectivity index (χ4v) is 2.85. The number of rotatable bonds is 3. The molecule has 1 amide bonds. The van der Waals surface area contributed by atoms with Crippen molar-refractivity contribution >= 4 is 63.0 Å². The number of benzene rings is 1. The molecule has 0 fully saturated rings. The summed E-state index contributed by atoms with van der Waals surface area (Å²) in [6.45, 7) is 0. The molecule has 0 bridgehead atoms. The molecule has 0 aliphatic heterocycles. The standard InChI is InChI=1S/C14H10Cl3NO3S/c1-21-12(19)10-9(8-5-3-2-4-6-8)7-22-11(10)18-13(20)14(15,16)17/h2-7H,1H3,(H,18,20). The van der Waals surface area contributed by atoms with Crippen LogP contribution < -0.4 is 5.32 Å². The van der Waals surface area contributed by atoms with Crippen LogP contribution in [0.4, 0.5) is 5.00 Å². The Morgan fingerprint density at radius 3 is 2.36 bits per heavy atom. The van der Waals surface area contributed by atoms with Crippen molar-refractivity contribution in [1.82, 2.24) is 0 Å². The Kier molecular flexibility index (Phi) is 5.34. The fourth-order valence-electron chi connectivity index (χ4n) is 1.76. The number of methoxy groups -OCH3 is 1. The molecule has 0 atom stereocenters. The number of anilines is 1. The zero-order valence-corrected chi connectivity index (χ0v) is 14.3. The second-order valence-corrected chi connectivity index (χ2v) is 7.32. The molecule has 4 nitrogen and oxygen atoms in total. The third-order valence-corrected chi connectivity index (χ3v) is 4.16. The quantitative estimate of drug-likeness (QED) is 0.631. The van der Waals surface area contributed by atoms with Gasteiger partial charge in [-0.1, -0.05) is 65.1 Å². The number of alkyl halides is 3. The molecule has 8 heteroatoms. The smallest absolute Gasteiger partial charge is 0.341 e. The lowest BCUT2D eigenvalue weighted by molar-refractivity contribution is -0.115. The van der Waals surface area contributed by atoms with Crippen molar-refractivity contribution in [1.29, 1.82) is 0 Å². The van der Waals surface area contributed by atoms with Crippen molar-refractivity contribution in [2.24, 2.45) is 0 Å². The van der Waals surface area contributed by atoms with Gasteiger partial charge in [0.15, 0.2) is 0 Å². The van der Waals surface area contributed by atoms with E-state index in [9.17, 15) is 9.59 Å². The van der Waals surface area contributed by atoms with E-state index in [1.54, 1.807) is 5.38 Å². The van der Waals surface area contributed by atoms with E-state index in [-0.39, 0.29) is 10.6 Å². The first-order valence-corrected chi connectivity index (χ1v) is 7.99. The van der Waals surface area contributed by atoms with Gasteiger partial charge >= 0.3 is 5.97 Å². The Bertz CT molecular complexity index is 695. The number of esters is 1. The highest BCUT2D eigenvalue weighted by atomic mass is 35.6. The molecule has 2 aromatic rings. The zero-order valence-electron chi connectivity index (χ0n) is 11.2. The summed E-state index contributed by atoms with van der Waals surface area (Å²) in [4.78, 5) is 23.8. The topological polar surface area (TPSA) is 55.4 Å². The normalized spacial score (nSPS) is 11.1. The lowest BCUT2D eigenvalue weighted by atomic mass is 10.0. The summed E-state index contributed by atoms with van der Waals surface area (Å²) in [7, 11) is 1.26. The van der Waals surface area contributed by atoms with Gasteiger partial charge in [0.05, 0.1) is 7.11 Å². The molecule has 0 aliphatic carbocycles. The summed E-state index contributed by atoms with van der Waals surface area (Å²) in [5, 5.41) is 4.44. The molecule has 116 valence electrons. The fraction of sp³-hybridized carbons (Fsp3) is 0.143. The number of amides is 1. The van der Waals surface area contributed by atoms with Gasteiger partial charge in [-0.15, -0.1) is 11.3 Å². The molecule has 2 rings (SSSR count). The number of hydrogen-bond donors (Lipinski definition) is 1. The Morgan fingerprint density at radius 2 is 1.82 bits per heavy atom. The molecule has 0 saturated carbocycles. The van der Waals surface area contributed by atoms with Gasteiger partial charge in [0.25, 0.3) is 9.70 Å². The number of carbonyl (C=O) groups excluding carboxylic acids is 2. The van der Waals surface area contributed by atoms with Crippen LogP contribution in [0, 0.1) is 0 Å². The first kappa shape index (κ1) is 17.1. The summed E-state index contributed by atoms with van der Waals surface area (Å²) in [5.41, 5.74) is 1.67. The van der Waals surface area contributed by atoms with Crippen molar-refractivity contribution in [2.45, 2.75) is 3.79 Å². The molecular weight excluding hydrogens is 369 g/mol. The summed E-state index contributed by atoms with van der Waals surface area (Å²) in [6, 6.07) is 9.23. The van der Waals surface area contributed by atoms with Crippen molar-refractivity contribution < 1.29 is 14.3 Å². The van der Waals surface area contributed by atoms with Crippen molar-refractivity contribution in [3.8, 4) is 11.1 Å². The van der Waals surface area contributed by atoms with E-state index >= 15 is 0 Å². The maximum absolute atomic E-state index is 12.1. The monoisotopic (exact) mass is 377 g/mol. The van der Waals surface area contributed by atoms with Gasteiger partial charge in [0.1, 0.15) is 10.6 Å². The third kappa shape index (κ3) is 3.73. The van der Waals surface area contributed by atoms with Gasteiger partial charge in [0, 0.05) is 10.9 Å². The molecule has 0 radical (unpaired) electrons. The second kappa shape index (κ2) is 6.87. The van der Waals surface area contributed by atoms with Crippen LogP contribution in [0.1, 0.15) is 10.4 Å². The van der Waals surface area contributed by atoms with Crippen LogP contribution in [0.5, 0.6) is 0 Å². The predicted octanol–water partition coefficient (Wildman–Crippen LogP) is 4.51. The highest BCUT2D eigenvalue weighted by Crippen LogP contribution is 2.37. The number of thiophene rings is 1. The van der Waals surface area contributed by atoms with Crippen LogP contribution in [0.25, 0.3) is 11.1 Å². The maximum Gasteiger partial charge on any atom is 0.341 e. The summed E-state index contributed by atoms with van der Waals surface area (Å²) < 4.78 is 2.66. The van der Waals surface area contributed by atoms with Crippen LogP contribution >= 0.6 is 46.1 Å². The molecule has 0 spiro atoms. The third-order valence-electron chi connectivity index (χ3n) is 2.75. The maximum atomic E-state index is 12.1. The van der Waals surface area contributed by atoms with Crippen molar-refractivity contribution in [2.75, 3.05) is 12.4 Å². The molecule has 1 heterocycles. The van der Waals surface area contributed by atoms with Crippen LogP contribution in [-0.2, 0) is 9.53 Å². The number of halogens is 3. The molecule has 0 unspecified atom stereocenters. The largest absolute Gasteiger partial charge is 0.465 e. The van der Waals surface area contributed by atoms with Crippen LogP contribution in [0.3, 0.4) is 0 Å². The molecule has 1 N–H and O–H groups in total.